The van der Waals surface area contributed by atoms with Crippen LogP contribution < -0.4 is 4.72 Å². The van der Waals surface area contributed by atoms with Gasteiger partial charge in [-0.05, 0) is 30.2 Å². The summed E-state index contributed by atoms with van der Waals surface area (Å²) in [5, 5.41) is 18.6. The van der Waals surface area contributed by atoms with Crippen LogP contribution in [-0.4, -0.2) is 13.5 Å². The standard InChI is InChI=1S/C15H14N2O3S/c1-11-6-7-14(8-15(11)18)17-21(19,20)10-13-5-3-2-4-12(13)9-16/h2-8,17-18H,10H2,1H3. The van der Waals surface area contributed by atoms with E-state index in [4.69, 9.17) is 5.26 Å². The van der Waals surface area contributed by atoms with Gasteiger partial charge < -0.3 is 5.11 Å². The van der Waals surface area contributed by atoms with E-state index in [9.17, 15) is 13.5 Å². The number of aryl methyl sites for hydroxylation is 1. The Balaban J connectivity index is 2.23. The Hall–Kier alpha value is -2.52. The highest BCUT2D eigenvalue weighted by Gasteiger charge is 2.14. The molecule has 0 aliphatic carbocycles. The lowest BCUT2D eigenvalue weighted by atomic mass is 10.1. The summed E-state index contributed by atoms with van der Waals surface area (Å²) < 4.78 is 26.7. The third kappa shape index (κ3) is 3.74. The predicted octanol–water partition coefficient (Wildman–Crippen LogP) is 2.51. The van der Waals surface area contributed by atoms with Crippen LogP contribution in [0.3, 0.4) is 0 Å². The van der Waals surface area contributed by atoms with Crippen molar-refractivity contribution in [2.75, 3.05) is 4.72 Å². The molecule has 0 radical (unpaired) electrons. The van der Waals surface area contributed by atoms with E-state index in [1.807, 2.05) is 6.07 Å². The molecule has 0 spiro atoms. The number of anilines is 1. The van der Waals surface area contributed by atoms with Crippen molar-refractivity contribution in [3.63, 3.8) is 0 Å². The Kier molecular flexibility index (Phi) is 4.15. The Morgan fingerprint density at radius 1 is 1.24 bits per heavy atom. The SMILES string of the molecule is Cc1ccc(NS(=O)(=O)Cc2ccccc2C#N)cc1O. The van der Waals surface area contributed by atoms with Crippen LogP contribution in [-0.2, 0) is 15.8 Å². The molecule has 2 aromatic carbocycles. The zero-order valence-electron chi connectivity index (χ0n) is 11.4. The normalized spacial score (nSPS) is 10.9. The van der Waals surface area contributed by atoms with Gasteiger partial charge >= 0.3 is 0 Å². The molecular formula is C15H14N2O3S. The number of hydrogen-bond donors (Lipinski definition) is 2. The molecule has 108 valence electrons. The largest absolute Gasteiger partial charge is 0.508 e. The molecule has 0 bridgehead atoms. The first kappa shape index (κ1) is 14.9. The maximum absolute atomic E-state index is 12.1. The highest BCUT2D eigenvalue weighted by molar-refractivity contribution is 7.91. The predicted molar refractivity (Wildman–Crippen MR) is 80.2 cm³/mol. The zero-order valence-corrected chi connectivity index (χ0v) is 12.2. The molecule has 0 saturated carbocycles. The van der Waals surface area contributed by atoms with Crippen molar-refractivity contribution >= 4 is 15.7 Å². The first-order chi connectivity index (χ1) is 9.91. The van der Waals surface area contributed by atoms with Crippen molar-refractivity contribution in [1.82, 2.24) is 0 Å². The van der Waals surface area contributed by atoms with Crippen LogP contribution in [0.1, 0.15) is 16.7 Å². The minimum Gasteiger partial charge on any atom is -0.508 e. The van der Waals surface area contributed by atoms with Gasteiger partial charge in [-0.15, -0.1) is 0 Å². The second-order valence-corrected chi connectivity index (χ2v) is 6.35. The lowest BCUT2D eigenvalue weighted by Crippen LogP contribution is -2.15. The van der Waals surface area contributed by atoms with Crippen LogP contribution in [0.5, 0.6) is 5.75 Å². The van der Waals surface area contributed by atoms with Crippen LogP contribution in [0.25, 0.3) is 0 Å². The summed E-state index contributed by atoms with van der Waals surface area (Å²) in [4.78, 5) is 0. The first-order valence-electron chi connectivity index (χ1n) is 6.19. The Bertz CT molecular complexity index is 808. The Labute approximate surface area is 123 Å². The topological polar surface area (TPSA) is 90.2 Å². The summed E-state index contributed by atoms with van der Waals surface area (Å²) >= 11 is 0. The van der Waals surface area contributed by atoms with E-state index in [1.165, 1.54) is 6.07 Å². The average molecular weight is 302 g/mol. The maximum Gasteiger partial charge on any atom is 0.236 e. The van der Waals surface area contributed by atoms with Crippen LogP contribution in [0.2, 0.25) is 0 Å². The highest BCUT2D eigenvalue weighted by Crippen LogP contribution is 2.22. The minimum atomic E-state index is -3.66. The van der Waals surface area contributed by atoms with E-state index in [0.717, 1.165) is 0 Å². The molecule has 0 unspecified atom stereocenters. The molecule has 0 saturated heterocycles. The first-order valence-corrected chi connectivity index (χ1v) is 7.84. The van der Waals surface area contributed by atoms with Crippen molar-refractivity contribution in [3.8, 4) is 11.8 Å². The second kappa shape index (κ2) is 5.85. The van der Waals surface area contributed by atoms with Crippen LogP contribution >= 0.6 is 0 Å². The van der Waals surface area contributed by atoms with E-state index in [-0.39, 0.29) is 17.2 Å². The summed E-state index contributed by atoms with van der Waals surface area (Å²) in [6.45, 7) is 1.72. The van der Waals surface area contributed by atoms with Crippen molar-refractivity contribution in [2.24, 2.45) is 0 Å². The molecule has 0 aliphatic rings. The van der Waals surface area contributed by atoms with Gasteiger partial charge in [0.25, 0.3) is 0 Å². The molecule has 0 heterocycles. The number of nitrogens with one attached hydrogen (secondary N) is 1. The fourth-order valence-electron chi connectivity index (χ4n) is 1.85. The van der Waals surface area contributed by atoms with E-state index in [2.05, 4.69) is 4.72 Å². The average Bonchev–Trinajstić information content (AvgIpc) is 2.43. The van der Waals surface area contributed by atoms with Gasteiger partial charge in [0.1, 0.15) is 5.75 Å². The summed E-state index contributed by atoms with van der Waals surface area (Å²) in [5.74, 6) is -0.279. The zero-order chi connectivity index (χ0) is 15.5. The van der Waals surface area contributed by atoms with Gasteiger partial charge in [0, 0.05) is 6.07 Å². The second-order valence-electron chi connectivity index (χ2n) is 4.63. The molecule has 0 atom stereocenters. The Morgan fingerprint density at radius 2 is 1.95 bits per heavy atom. The lowest BCUT2D eigenvalue weighted by Gasteiger charge is -2.10. The van der Waals surface area contributed by atoms with Gasteiger partial charge in [-0.25, -0.2) is 8.42 Å². The van der Waals surface area contributed by atoms with Crippen molar-refractivity contribution in [2.45, 2.75) is 12.7 Å². The number of rotatable bonds is 4. The molecule has 0 fully saturated rings. The summed E-state index contributed by atoms with van der Waals surface area (Å²) in [5.41, 5.74) is 1.71. The minimum absolute atomic E-state index is 0.0209. The summed E-state index contributed by atoms with van der Waals surface area (Å²) in [6, 6.07) is 13.0. The number of nitrogens with zero attached hydrogens (tertiary/aromatic N) is 1. The van der Waals surface area contributed by atoms with E-state index >= 15 is 0 Å². The fourth-order valence-corrected chi connectivity index (χ4v) is 3.07. The number of sulfonamides is 1. The number of nitriles is 1. The fraction of sp³-hybridized carbons (Fsp3) is 0.133. The summed E-state index contributed by atoms with van der Waals surface area (Å²) in [6.07, 6.45) is 0. The molecule has 0 aliphatic heterocycles. The molecule has 6 heteroatoms. The summed E-state index contributed by atoms with van der Waals surface area (Å²) in [7, 11) is -3.66. The van der Waals surface area contributed by atoms with Gasteiger partial charge in [0.15, 0.2) is 0 Å². The van der Waals surface area contributed by atoms with Gasteiger partial charge in [-0.3, -0.25) is 4.72 Å². The third-order valence-electron chi connectivity index (χ3n) is 2.97. The molecular weight excluding hydrogens is 288 g/mol. The number of phenols is 1. The van der Waals surface area contributed by atoms with Crippen LogP contribution in [0.15, 0.2) is 42.5 Å². The van der Waals surface area contributed by atoms with E-state index in [1.54, 1.807) is 43.3 Å². The van der Waals surface area contributed by atoms with Gasteiger partial charge in [0.2, 0.25) is 10.0 Å². The van der Waals surface area contributed by atoms with Gasteiger partial charge in [-0.2, -0.15) is 5.26 Å². The van der Waals surface area contributed by atoms with Crippen molar-refractivity contribution in [3.05, 3.63) is 59.2 Å². The maximum atomic E-state index is 12.1. The highest BCUT2D eigenvalue weighted by atomic mass is 32.2. The number of phenolic OH excluding ortho intramolecular Hbond substituents is 1. The third-order valence-corrected chi connectivity index (χ3v) is 4.20. The molecule has 0 amide bonds. The smallest absolute Gasteiger partial charge is 0.236 e. The van der Waals surface area contributed by atoms with E-state index < -0.39 is 10.0 Å². The molecule has 0 aromatic heterocycles. The lowest BCUT2D eigenvalue weighted by molar-refractivity contribution is 0.471. The number of benzene rings is 2. The van der Waals surface area contributed by atoms with E-state index in [0.29, 0.717) is 16.7 Å². The molecule has 2 aromatic rings. The van der Waals surface area contributed by atoms with Crippen LogP contribution in [0.4, 0.5) is 5.69 Å². The number of hydrogen-bond acceptors (Lipinski definition) is 4. The quantitative estimate of drug-likeness (QED) is 0.908. The number of aromatic hydroxyl groups is 1. The van der Waals surface area contributed by atoms with Crippen molar-refractivity contribution < 1.29 is 13.5 Å². The monoisotopic (exact) mass is 302 g/mol. The molecule has 2 rings (SSSR count). The van der Waals surface area contributed by atoms with Gasteiger partial charge in [-0.1, -0.05) is 24.3 Å². The Morgan fingerprint density at radius 3 is 2.62 bits per heavy atom. The molecule has 21 heavy (non-hydrogen) atoms. The molecule has 5 nitrogen and oxygen atoms in total. The molecule has 2 N–H and O–H groups in total. The van der Waals surface area contributed by atoms with Crippen LogP contribution in [0, 0.1) is 18.3 Å². The van der Waals surface area contributed by atoms with Crippen molar-refractivity contribution in [1.29, 1.82) is 5.26 Å². The van der Waals surface area contributed by atoms with Gasteiger partial charge in [0.05, 0.1) is 23.1 Å².